The van der Waals surface area contributed by atoms with Crippen LogP contribution in [-0.2, 0) is 13.1 Å². The molecule has 3 rings (SSSR count). The van der Waals surface area contributed by atoms with Crippen molar-refractivity contribution in [2.75, 3.05) is 6.54 Å². The van der Waals surface area contributed by atoms with Crippen molar-refractivity contribution in [1.29, 1.82) is 0 Å². The van der Waals surface area contributed by atoms with Gasteiger partial charge in [-0.2, -0.15) is 15.0 Å². The molecule has 0 saturated heterocycles. The minimum absolute atomic E-state index is 0.507. The van der Waals surface area contributed by atoms with Crippen LogP contribution in [0.4, 0.5) is 0 Å². The number of hydrogen-bond acceptors (Lipinski definition) is 3. The summed E-state index contributed by atoms with van der Waals surface area (Å²) < 4.78 is 0. The zero-order valence-corrected chi connectivity index (χ0v) is 19.1. The molecule has 0 spiro atoms. The summed E-state index contributed by atoms with van der Waals surface area (Å²) in [4.78, 5) is 1.72. The molecule has 1 heterocycles. The SMILES string of the molecule is CCCCCCCCNCc1nn(Cc2ccc(Cl)cc2Cl)nc1-c1ccccc1. The Balaban J connectivity index is 1.65. The maximum absolute atomic E-state index is 6.34. The third kappa shape index (κ3) is 6.83. The zero-order chi connectivity index (χ0) is 21.2. The summed E-state index contributed by atoms with van der Waals surface area (Å²) in [5, 5.41) is 14.3. The van der Waals surface area contributed by atoms with Gasteiger partial charge in [0, 0.05) is 22.2 Å². The van der Waals surface area contributed by atoms with Gasteiger partial charge in [-0.15, -0.1) is 0 Å². The van der Waals surface area contributed by atoms with Crippen LogP contribution in [0.2, 0.25) is 10.0 Å². The number of halogens is 2. The van der Waals surface area contributed by atoms with Gasteiger partial charge < -0.3 is 5.32 Å². The summed E-state index contributed by atoms with van der Waals surface area (Å²) in [7, 11) is 0. The first-order valence-corrected chi connectivity index (χ1v) is 11.6. The number of nitrogens with one attached hydrogen (secondary N) is 1. The van der Waals surface area contributed by atoms with Crippen molar-refractivity contribution >= 4 is 23.2 Å². The van der Waals surface area contributed by atoms with Gasteiger partial charge in [0.15, 0.2) is 0 Å². The highest BCUT2D eigenvalue weighted by molar-refractivity contribution is 6.35. The minimum atomic E-state index is 0.507. The van der Waals surface area contributed by atoms with Crippen molar-refractivity contribution in [3.63, 3.8) is 0 Å². The van der Waals surface area contributed by atoms with Crippen molar-refractivity contribution in [2.45, 2.75) is 58.5 Å². The fraction of sp³-hybridized carbons (Fsp3) is 0.417. The van der Waals surface area contributed by atoms with Crippen LogP contribution < -0.4 is 5.32 Å². The van der Waals surface area contributed by atoms with E-state index in [0.29, 0.717) is 23.1 Å². The Labute approximate surface area is 189 Å². The summed E-state index contributed by atoms with van der Waals surface area (Å²) in [5.74, 6) is 0. The highest BCUT2D eigenvalue weighted by Crippen LogP contribution is 2.23. The second-order valence-corrected chi connectivity index (χ2v) is 8.42. The van der Waals surface area contributed by atoms with Crippen molar-refractivity contribution < 1.29 is 0 Å². The van der Waals surface area contributed by atoms with Crippen LogP contribution in [0, 0.1) is 0 Å². The maximum atomic E-state index is 6.34. The van der Waals surface area contributed by atoms with Gasteiger partial charge in [-0.3, -0.25) is 0 Å². The van der Waals surface area contributed by atoms with Gasteiger partial charge in [0.1, 0.15) is 11.4 Å². The molecule has 4 nitrogen and oxygen atoms in total. The van der Waals surface area contributed by atoms with Crippen LogP contribution in [0.1, 0.15) is 56.7 Å². The Morgan fingerprint density at radius 2 is 1.67 bits per heavy atom. The average molecular weight is 445 g/mol. The van der Waals surface area contributed by atoms with E-state index in [1.54, 1.807) is 10.9 Å². The van der Waals surface area contributed by atoms with Gasteiger partial charge >= 0.3 is 0 Å². The van der Waals surface area contributed by atoms with Crippen LogP contribution in [0.3, 0.4) is 0 Å². The van der Waals surface area contributed by atoms with Crippen molar-refractivity contribution in [3.8, 4) is 11.3 Å². The standard InChI is InChI=1S/C24H30Cl2N4/c1-2-3-4-5-6-10-15-27-17-23-24(19-11-8-7-9-12-19)29-30(28-23)18-20-13-14-21(25)16-22(20)26/h7-9,11-14,16,27H,2-6,10,15,17-18H2,1H3. The first-order valence-electron chi connectivity index (χ1n) is 10.8. The van der Waals surface area contributed by atoms with E-state index in [9.17, 15) is 0 Å². The molecule has 2 aromatic carbocycles. The van der Waals surface area contributed by atoms with E-state index in [4.69, 9.17) is 33.4 Å². The summed E-state index contributed by atoms with van der Waals surface area (Å²) in [6.45, 7) is 4.46. The Kier molecular flexibility index (Phi) is 9.19. The van der Waals surface area contributed by atoms with Gasteiger partial charge in [0.25, 0.3) is 0 Å². The van der Waals surface area contributed by atoms with Crippen molar-refractivity contribution in [2.24, 2.45) is 0 Å². The van der Waals surface area contributed by atoms with E-state index >= 15 is 0 Å². The average Bonchev–Trinajstić information content (AvgIpc) is 3.15. The number of aromatic nitrogens is 3. The molecule has 0 saturated carbocycles. The fourth-order valence-corrected chi connectivity index (χ4v) is 3.90. The van der Waals surface area contributed by atoms with E-state index in [-0.39, 0.29) is 0 Å². The molecule has 0 aliphatic carbocycles. The van der Waals surface area contributed by atoms with E-state index in [0.717, 1.165) is 29.1 Å². The molecule has 0 fully saturated rings. The topological polar surface area (TPSA) is 42.7 Å². The van der Waals surface area contributed by atoms with Gasteiger partial charge in [-0.25, -0.2) is 0 Å². The molecular weight excluding hydrogens is 415 g/mol. The quantitative estimate of drug-likeness (QED) is 0.314. The van der Waals surface area contributed by atoms with Gasteiger partial charge in [-0.1, -0.05) is 98.6 Å². The van der Waals surface area contributed by atoms with Crippen LogP contribution in [0.15, 0.2) is 48.5 Å². The van der Waals surface area contributed by atoms with Crippen LogP contribution >= 0.6 is 23.2 Å². The fourth-order valence-electron chi connectivity index (χ4n) is 3.43. The number of nitrogens with zero attached hydrogens (tertiary/aromatic N) is 3. The van der Waals surface area contributed by atoms with Gasteiger partial charge in [0.05, 0.1) is 6.54 Å². The molecule has 0 radical (unpaired) electrons. The highest BCUT2D eigenvalue weighted by Gasteiger charge is 2.14. The minimum Gasteiger partial charge on any atom is -0.311 e. The Morgan fingerprint density at radius 1 is 0.900 bits per heavy atom. The van der Waals surface area contributed by atoms with Gasteiger partial charge in [-0.05, 0) is 30.7 Å². The molecule has 160 valence electrons. The first kappa shape index (κ1) is 22.8. The van der Waals surface area contributed by atoms with E-state index in [2.05, 4.69) is 24.4 Å². The molecule has 0 unspecified atom stereocenters. The first-order chi connectivity index (χ1) is 14.7. The largest absolute Gasteiger partial charge is 0.311 e. The van der Waals surface area contributed by atoms with Crippen LogP contribution in [0.5, 0.6) is 0 Å². The second-order valence-electron chi connectivity index (χ2n) is 7.57. The molecular formula is C24H30Cl2N4. The smallest absolute Gasteiger partial charge is 0.117 e. The molecule has 0 bridgehead atoms. The summed E-state index contributed by atoms with van der Waals surface area (Å²) >= 11 is 12.4. The molecule has 0 atom stereocenters. The summed E-state index contributed by atoms with van der Waals surface area (Å²) in [6, 6.07) is 15.7. The lowest BCUT2D eigenvalue weighted by molar-refractivity contribution is 0.556. The third-order valence-corrected chi connectivity index (χ3v) is 5.69. The molecule has 6 heteroatoms. The van der Waals surface area contributed by atoms with Crippen molar-refractivity contribution in [1.82, 2.24) is 20.3 Å². The number of rotatable bonds is 12. The van der Waals surface area contributed by atoms with Crippen LogP contribution in [-0.4, -0.2) is 21.5 Å². The molecule has 0 aliphatic rings. The molecule has 1 aromatic heterocycles. The maximum Gasteiger partial charge on any atom is 0.117 e. The summed E-state index contributed by atoms with van der Waals surface area (Å²) in [5.41, 5.74) is 3.89. The molecule has 30 heavy (non-hydrogen) atoms. The van der Waals surface area contributed by atoms with E-state index in [1.807, 2.05) is 30.3 Å². The molecule has 1 N–H and O–H groups in total. The summed E-state index contributed by atoms with van der Waals surface area (Å²) in [6.07, 6.45) is 7.77. The molecule has 0 aliphatic heterocycles. The lowest BCUT2D eigenvalue weighted by Gasteiger charge is -2.05. The van der Waals surface area contributed by atoms with E-state index in [1.165, 1.54) is 38.5 Å². The second kappa shape index (κ2) is 12.1. The normalized spacial score (nSPS) is 11.2. The predicted octanol–water partition coefficient (Wildman–Crippen LogP) is 6.75. The van der Waals surface area contributed by atoms with Gasteiger partial charge in [0.2, 0.25) is 0 Å². The zero-order valence-electron chi connectivity index (χ0n) is 17.6. The van der Waals surface area contributed by atoms with E-state index < -0.39 is 0 Å². The third-order valence-electron chi connectivity index (χ3n) is 5.10. The molecule has 0 amide bonds. The predicted molar refractivity (Wildman–Crippen MR) is 126 cm³/mol. The lowest BCUT2D eigenvalue weighted by atomic mass is 10.1. The number of benzene rings is 2. The highest BCUT2D eigenvalue weighted by atomic mass is 35.5. The Morgan fingerprint density at radius 3 is 2.43 bits per heavy atom. The van der Waals surface area contributed by atoms with Crippen LogP contribution in [0.25, 0.3) is 11.3 Å². The Bertz CT molecular complexity index is 909. The lowest BCUT2D eigenvalue weighted by Crippen LogP contribution is -2.16. The molecule has 3 aromatic rings. The monoisotopic (exact) mass is 444 g/mol. The number of unbranched alkanes of at least 4 members (excludes halogenated alkanes) is 5. The Hall–Kier alpha value is -1.88. The van der Waals surface area contributed by atoms with Crippen molar-refractivity contribution in [3.05, 3.63) is 69.8 Å². The number of hydrogen-bond donors (Lipinski definition) is 1.